The number of halogens is 2. The Balaban J connectivity index is 2.41. The first kappa shape index (κ1) is 15.0. The number of rotatable bonds is 5. The van der Waals surface area contributed by atoms with E-state index in [4.69, 9.17) is 11.6 Å². The molecule has 2 aromatic carbocycles. The van der Waals surface area contributed by atoms with E-state index in [-0.39, 0.29) is 16.9 Å². The molecule has 0 aliphatic carbocycles. The Labute approximate surface area is 124 Å². The molecule has 0 spiro atoms. The third-order valence-electron chi connectivity index (χ3n) is 3.38. The van der Waals surface area contributed by atoms with Crippen LogP contribution >= 0.6 is 11.6 Å². The molecule has 0 bridgehead atoms. The lowest BCUT2D eigenvalue weighted by molar-refractivity contribution is 0.613. The van der Waals surface area contributed by atoms with Gasteiger partial charge < -0.3 is 5.32 Å². The Kier molecular flexibility index (Phi) is 5.16. The second-order valence-corrected chi connectivity index (χ2v) is 5.17. The van der Waals surface area contributed by atoms with Crippen LogP contribution in [0.4, 0.5) is 4.39 Å². The lowest BCUT2D eigenvalue weighted by atomic mass is 9.96. The Morgan fingerprint density at radius 2 is 1.85 bits per heavy atom. The molecule has 1 unspecified atom stereocenters. The van der Waals surface area contributed by atoms with Gasteiger partial charge in [-0.1, -0.05) is 55.8 Å². The predicted molar refractivity (Wildman–Crippen MR) is 82.7 cm³/mol. The maximum atomic E-state index is 13.3. The summed E-state index contributed by atoms with van der Waals surface area (Å²) in [5.74, 6) is -0.382. The van der Waals surface area contributed by atoms with Gasteiger partial charge in [-0.25, -0.2) is 4.39 Å². The number of aryl methyl sites for hydroxylation is 1. The van der Waals surface area contributed by atoms with Crippen LogP contribution in [0.5, 0.6) is 0 Å². The summed E-state index contributed by atoms with van der Waals surface area (Å²) in [6, 6.07) is 13.4. The zero-order chi connectivity index (χ0) is 14.5. The van der Waals surface area contributed by atoms with E-state index in [9.17, 15) is 4.39 Å². The Morgan fingerprint density at radius 3 is 2.50 bits per heavy atom. The summed E-state index contributed by atoms with van der Waals surface area (Å²) in [4.78, 5) is 0. The van der Waals surface area contributed by atoms with Gasteiger partial charge in [0.05, 0.1) is 11.1 Å². The fraction of sp³-hybridized carbons (Fsp3) is 0.294. The minimum atomic E-state index is -0.382. The SMILES string of the molecule is CCNC(c1cccc(CC)c1)c1ccc(F)c(Cl)c1. The van der Waals surface area contributed by atoms with Crippen molar-refractivity contribution >= 4 is 11.6 Å². The third kappa shape index (κ3) is 3.38. The highest BCUT2D eigenvalue weighted by Gasteiger charge is 2.14. The number of nitrogens with one attached hydrogen (secondary N) is 1. The maximum absolute atomic E-state index is 13.3. The van der Waals surface area contributed by atoms with Gasteiger partial charge in [0.15, 0.2) is 0 Å². The molecule has 0 heterocycles. The van der Waals surface area contributed by atoms with Crippen LogP contribution < -0.4 is 5.32 Å². The Morgan fingerprint density at radius 1 is 1.10 bits per heavy atom. The van der Waals surface area contributed by atoms with E-state index in [0.717, 1.165) is 18.5 Å². The van der Waals surface area contributed by atoms with Crippen LogP contribution in [-0.4, -0.2) is 6.54 Å². The van der Waals surface area contributed by atoms with Crippen LogP contribution in [0.1, 0.15) is 36.6 Å². The van der Waals surface area contributed by atoms with E-state index >= 15 is 0 Å². The molecule has 2 aromatic rings. The van der Waals surface area contributed by atoms with E-state index in [1.165, 1.54) is 17.2 Å². The molecule has 106 valence electrons. The first-order valence-corrected chi connectivity index (χ1v) is 7.30. The molecule has 0 radical (unpaired) electrons. The molecule has 3 heteroatoms. The summed E-state index contributed by atoms with van der Waals surface area (Å²) in [7, 11) is 0. The second kappa shape index (κ2) is 6.87. The molecule has 0 aliphatic heterocycles. The largest absolute Gasteiger partial charge is 0.307 e. The van der Waals surface area contributed by atoms with Crippen molar-refractivity contribution in [3.05, 3.63) is 70.0 Å². The second-order valence-electron chi connectivity index (χ2n) is 4.76. The minimum absolute atomic E-state index is 0.0320. The van der Waals surface area contributed by atoms with Crippen molar-refractivity contribution in [2.24, 2.45) is 0 Å². The maximum Gasteiger partial charge on any atom is 0.141 e. The molecule has 0 aliphatic rings. The molecule has 0 saturated heterocycles. The van der Waals surface area contributed by atoms with Gasteiger partial charge in [0.1, 0.15) is 5.82 Å². The van der Waals surface area contributed by atoms with Crippen LogP contribution in [0.15, 0.2) is 42.5 Å². The number of benzene rings is 2. The summed E-state index contributed by atoms with van der Waals surface area (Å²) >= 11 is 5.90. The Bertz CT molecular complexity index is 583. The fourth-order valence-electron chi connectivity index (χ4n) is 2.32. The number of hydrogen-bond donors (Lipinski definition) is 1. The van der Waals surface area contributed by atoms with Crippen molar-refractivity contribution in [2.75, 3.05) is 6.54 Å². The Hall–Kier alpha value is -1.38. The standard InChI is InChI=1S/C17H19ClFN/c1-3-12-6-5-7-13(10-12)17(20-4-2)14-8-9-16(19)15(18)11-14/h5-11,17,20H,3-4H2,1-2H3. The van der Waals surface area contributed by atoms with Gasteiger partial charge in [-0.2, -0.15) is 0 Å². The van der Waals surface area contributed by atoms with Gasteiger partial charge >= 0.3 is 0 Å². The summed E-state index contributed by atoms with van der Waals surface area (Å²) in [5.41, 5.74) is 3.44. The topological polar surface area (TPSA) is 12.0 Å². The quantitative estimate of drug-likeness (QED) is 0.839. The smallest absolute Gasteiger partial charge is 0.141 e. The molecule has 0 fully saturated rings. The predicted octanol–water partition coefficient (Wildman–Crippen LogP) is 4.74. The summed E-state index contributed by atoms with van der Waals surface area (Å²) in [6.07, 6.45) is 0.997. The first-order valence-electron chi connectivity index (χ1n) is 6.92. The molecule has 0 amide bonds. The molecule has 1 atom stereocenters. The van der Waals surface area contributed by atoms with E-state index < -0.39 is 0 Å². The van der Waals surface area contributed by atoms with Gasteiger partial charge in [-0.3, -0.25) is 0 Å². The lowest BCUT2D eigenvalue weighted by Crippen LogP contribution is -2.22. The van der Waals surface area contributed by atoms with Gasteiger partial charge in [0, 0.05) is 0 Å². The highest BCUT2D eigenvalue weighted by molar-refractivity contribution is 6.30. The molecule has 2 rings (SSSR count). The molecule has 1 nitrogen and oxygen atoms in total. The van der Waals surface area contributed by atoms with Crippen LogP contribution in [0, 0.1) is 5.82 Å². The normalized spacial score (nSPS) is 12.4. The molecular formula is C17H19ClFN. The average molecular weight is 292 g/mol. The highest BCUT2D eigenvalue weighted by Crippen LogP contribution is 2.26. The average Bonchev–Trinajstić information content (AvgIpc) is 2.48. The van der Waals surface area contributed by atoms with E-state index in [1.807, 2.05) is 0 Å². The van der Waals surface area contributed by atoms with Crippen molar-refractivity contribution in [2.45, 2.75) is 26.3 Å². The zero-order valence-corrected chi connectivity index (χ0v) is 12.5. The monoisotopic (exact) mass is 291 g/mol. The molecule has 0 aromatic heterocycles. The van der Waals surface area contributed by atoms with Crippen molar-refractivity contribution in [1.29, 1.82) is 0 Å². The van der Waals surface area contributed by atoms with Gasteiger partial charge in [-0.15, -0.1) is 0 Å². The molecular weight excluding hydrogens is 273 g/mol. The van der Waals surface area contributed by atoms with Gasteiger partial charge in [-0.05, 0) is 41.8 Å². The van der Waals surface area contributed by atoms with Crippen LogP contribution in [0.25, 0.3) is 0 Å². The first-order chi connectivity index (χ1) is 9.65. The summed E-state index contributed by atoms with van der Waals surface area (Å²) in [6.45, 7) is 5.02. The lowest BCUT2D eigenvalue weighted by Gasteiger charge is -2.20. The van der Waals surface area contributed by atoms with E-state index in [0.29, 0.717) is 0 Å². The van der Waals surface area contributed by atoms with Crippen LogP contribution in [-0.2, 0) is 6.42 Å². The summed E-state index contributed by atoms with van der Waals surface area (Å²) < 4.78 is 13.3. The molecule has 20 heavy (non-hydrogen) atoms. The van der Waals surface area contributed by atoms with Crippen molar-refractivity contribution in [3.63, 3.8) is 0 Å². The van der Waals surface area contributed by atoms with Gasteiger partial charge in [0.2, 0.25) is 0 Å². The zero-order valence-electron chi connectivity index (χ0n) is 11.8. The molecule has 0 saturated carbocycles. The fourth-order valence-corrected chi connectivity index (χ4v) is 2.51. The molecule has 1 N–H and O–H groups in total. The minimum Gasteiger partial charge on any atom is -0.307 e. The summed E-state index contributed by atoms with van der Waals surface area (Å²) in [5, 5.41) is 3.60. The van der Waals surface area contributed by atoms with Crippen molar-refractivity contribution in [1.82, 2.24) is 5.32 Å². The van der Waals surface area contributed by atoms with E-state index in [1.54, 1.807) is 12.1 Å². The number of hydrogen-bond acceptors (Lipinski definition) is 1. The highest BCUT2D eigenvalue weighted by atomic mass is 35.5. The van der Waals surface area contributed by atoms with E-state index in [2.05, 4.69) is 43.4 Å². The van der Waals surface area contributed by atoms with Crippen LogP contribution in [0.2, 0.25) is 5.02 Å². The van der Waals surface area contributed by atoms with Gasteiger partial charge in [0.25, 0.3) is 0 Å². The van der Waals surface area contributed by atoms with Crippen molar-refractivity contribution < 1.29 is 4.39 Å². The third-order valence-corrected chi connectivity index (χ3v) is 3.67. The van der Waals surface area contributed by atoms with Crippen LogP contribution in [0.3, 0.4) is 0 Å². The van der Waals surface area contributed by atoms with Crippen molar-refractivity contribution in [3.8, 4) is 0 Å².